The summed E-state index contributed by atoms with van der Waals surface area (Å²) >= 11 is 1.66. The molecular formula is C14H16F2N2OS. The van der Waals surface area contributed by atoms with Gasteiger partial charge in [0.05, 0.1) is 12.1 Å². The Labute approximate surface area is 120 Å². The molecule has 0 bridgehead atoms. The van der Waals surface area contributed by atoms with Gasteiger partial charge in [0.15, 0.2) is 5.17 Å². The van der Waals surface area contributed by atoms with Crippen LogP contribution in [0.3, 0.4) is 0 Å². The van der Waals surface area contributed by atoms with Gasteiger partial charge in [-0.25, -0.2) is 8.78 Å². The molecule has 20 heavy (non-hydrogen) atoms. The largest absolute Gasteiger partial charge is 0.381 e. The summed E-state index contributed by atoms with van der Waals surface area (Å²) in [5, 5.41) is 4.29. The van der Waals surface area contributed by atoms with Gasteiger partial charge in [-0.1, -0.05) is 17.8 Å². The second kappa shape index (κ2) is 5.69. The zero-order valence-corrected chi connectivity index (χ0v) is 11.8. The summed E-state index contributed by atoms with van der Waals surface area (Å²) in [6.45, 7) is 1.77. The fraction of sp³-hybridized carbons (Fsp3) is 0.500. The Morgan fingerprint density at radius 1 is 1.30 bits per heavy atom. The minimum atomic E-state index is -0.562. The number of hydrogen-bond donors (Lipinski definition) is 1. The molecule has 1 spiro atoms. The van der Waals surface area contributed by atoms with Gasteiger partial charge in [0.2, 0.25) is 0 Å². The second-order valence-electron chi connectivity index (χ2n) is 5.16. The lowest BCUT2D eigenvalue weighted by Gasteiger charge is -2.32. The minimum absolute atomic E-state index is 0.0864. The lowest BCUT2D eigenvalue weighted by molar-refractivity contribution is 0.0555. The van der Waals surface area contributed by atoms with E-state index in [9.17, 15) is 8.78 Å². The van der Waals surface area contributed by atoms with Crippen molar-refractivity contribution >= 4 is 16.9 Å². The van der Waals surface area contributed by atoms with Gasteiger partial charge in [-0.15, -0.1) is 0 Å². The highest BCUT2D eigenvalue weighted by atomic mass is 32.2. The third-order valence-electron chi connectivity index (χ3n) is 3.72. The van der Waals surface area contributed by atoms with E-state index in [2.05, 4.69) is 10.3 Å². The maximum absolute atomic E-state index is 13.5. The Balaban J connectivity index is 1.65. The molecule has 1 aromatic rings. The number of thioether (sulfide) groups is 1. The highest BCUT2D eigenvalue weighted by Crippen LogP contribution is 2.31. The molecule has 3 nitrogen and oxygen atoms in total. The van der Waals surface area contributed by atoms with E-state index in [0.717, 1.165) is 43.0 Å². The number of rotatable bonds is 2. The fourth-order valence-electron chi connectivity index (χ4n) is 2.43. The first-order valence-electron chi connectivity index (χ1n) is 6.64. The predicted molar refractivity (Wildman–Crippen MR) is 75.9 cm³/mol. The molecule has 2 saturated heterocycles. The Kier molecular flexibility index (Phi) is 3.94. The van der Waals surface area contributed by atoms with Crippen molar-refractivity contribution in [3.05, 3.63) is 35.4 Å². The zero-order chi connectivity index (χ0) is 14.0. The lowest BCUT2D eigenvalue weighted by Crippen LogP contribution is -2.48. The zero-order valence-electron chi connectivity index (χ0n) is 11.0. The number of benzene rings is 1. The van der Waals surface area contributed by atoms with E-state index < -0.39 is 11.6 Å². The Hall–Kier alpha value is -1.14. The van der Waals surface area contributed by atoms with Crippen LogP contribution in [0.15, 0.2) is 23.2 Å². The van der Waals surface area contributed by atoms with Gasteiger partial charge in [0.25, 0.3) is 0 Å². The van der Waals surface area contributed by atoms with Crippen LogP contribution in [-0.2, 0) is 11.3 Å². The normalized spacial score (nSPS) is 23.2. The predicted octanol–water partition coefficient (Wildman–Crippen LogP) is 2.71. The van der Waals surface area contributed by atoms with Crippen molar-refractivity contribution in [3.8, 4) is 0 Å². The summed E-state index contributed by atoms with van der Waals surface area (Å²) < 4.78 is 31.7. The average Bonchev–Trinajstić information content (AvgIpc) is 2.82. The average molecular weight is 298 g/mol. The van der Waals surface area contributed by atoms with E-state index in [1.165, 1.54) is 12.1 Å². The van der Waals surface area contributed by atoms with Gasteiger partial charge in [0.1, 0.15) is 11.6 Å². The van der Waals surface area contributed by atoms with Gasteiger partial charge in [0, 0.05) is 30.6 Å². The SMILES string of the molecule is Fc1ccc(CN=C2NC3(CCOCC3)CS2)c(F)c1. The Morgan fingerprint density at radius 2 is 2.10 bits per heavy atom. The third kappa shape index (κ3) is 2.96. The van der Waals surface area contributed by atoms with Gasteiger partial charge in [-0.2, -0.15) is 0 Å². The van der Waals surface area contributed by atoms with Gasteiger partial charge < -0.3 is 10.1 Å². The van der Waals surface area contributed by atoms with Crippen molar-refractivity contribution in [1.29, 1.82) is 0 Å². The quantitative estimate of drug-likeness (QED) is 0.911. The molecular weight excluding hydrogens is 282 g/mol. The highest BCUT2D eigenvalue weighted by molar-refractivity contribution is 8.14. The number of ether oxygens (including phenoxy) is 1. The second-order valence-corrected chi connectivity index (χ2v) is 6.13. The van der Waals surface area contributed by atoms with E-state index in [0.29, 0.717) is 5.56 Å². The van der Waals surface area contributed by atoms with Gasteiger partial charge in [-0.3, -0.25) is 4.99 Å². The van der Waals surface area contributed by atoms with Crippen LogP contribution in [0.1, 0.15) is 18.4 Å². The van der Waals surface area contributed by atoms with Crippen molar-refractivity contribution in [2.45, 2.75) is 24.9 Å². The third-order valence-corrected chi connectivity index (χ3v) is 4.92. The Bertz CT molecular complexity index is 530. The molecule has 0 saturated carbocycles. The van der Waals surface area contributed by atoms with Crippen LogP contribution >= 0.6 is 11.8 Å². The summed E-state index contributed by atoms with van der Waals surface area (Å²) in [7, 11) is 0. The maximum Gasteiger partial charge on any atom is 0.157 e. The summed E-state index contributed by atoms with van der Waals surface area (Å²) in [5.74, 6) is -0.132. The molecule has 0 unspecified atom stereocenters. The number of halogens is 2. The fourth-order valence-corrected chi connectivity index (χ4v) is 3.65. The highest BCUT2D eigenvalue weighted by Gasteiger charge is 2.38. The molecule has 0 aromatic heterocycles. The molecule has 1 aromatic carbocycles. The summed E-state index contributed by atoms with van der Waals surface area (Å²) in [4.78, 5) is 4.40. The van der Waals surface area contributed by atoms with Gasteiger partial charge >= 0.3 is 0 Å². The van der Waals surface area contributed by atoms with E-state index in [1.54, 1.807) is 11.8 Å². The monoisotopic (exact) mass is 298 g/mol. The van der Waals surface area contributed by atoms with Crippen LogP contribution in [-0.4, -0.2) is 29.7 Å². The number of hydrogen-bond acceptors (Lipinski definition) is 3. The molecule has 0 atom stereocenters. The van der Waals surface area contributed by atoms with Crippen LogP contribution < -0.4 is 5.32 Å². The first-order valence-corrected chi connectivity index (χ1v) is 7.63. The van der Waals surface area contributed by atoms with E-state index in [4.69, 9.17) is 4.74 Å². The Morgan fingerprint density at radius 3 is 2.85 bits per heavy atom. The lowest BCUT2D eigenvalue weighted by atomic mass is 9.93. The van der Waals surface area contributed by atoms with Crippen molar-refractivity contribution in [2.24, 2.45) is 4.99 Å². The molecule has 1 N–H and O–H groups in total. The molecule has 0 aliphatic carbocycles. The number of amidine groups is 1. The van der Waals surface area contributed by atoms with Crippen LogP contribution in [0.2, 0.25) is 0 Å². The van der Waals surface area contributed by atoms with Crippen LogP contribution in [0.4, 0.5) is 8.78 Å². The molecule has 6 heteroatoms. The standard InChI is InChI=1S/C14H16F2N2OS/c15-11-2-1-10(12(16)7-11)8-17-13-18-14(9-20-13)3-5-19-6-4-14/h1-2,7H,3-6,8-9H2,(H,17,18). The van der Waals surface area contributed by atoms with Crippen LogP contribution in [0, 0.1) is 11.6 Å². The molecule has 2 fully saturated rings. The summed E-state index contributed by atoms with van der Waals surface area (Å²) in [6, 6.07) is 3.59. The number of nitrogens with one attached hydrogen (secondary N) is 1. The summed E-state index contributed by atoms with van der Waals surface area (Å²) in [5.41, 5.74) is 0.498. The topological polar surface area (TPSA) is 33.6 Å². The van der Waals surface area contributed by atoms with Crippen molar-refractivity contribution < 1.29 is 13.5 Å². The molecule has 0 amide bonds. The van der Waals surface area contributed by atoms with Crippen LogP contribution in [0.25, 0.3) is 0 Å². The first kappa shape index (κ1) is 13.8. The molecule has 108 valence electrons. The molecule has 0 radical (unpaired) electrons. The minimum Gasteiger partial charge on any atom is -0.381 e. The molecule has 2 heterocycles. The van der Waals surface area contributed by atoms with Crippen molar-refractivity contribution in [2.75, 3.05) is 19.0 Å². The van der Waals surface area contributed by atoms with Gasteiger partial charge in [-0.05, 0) is 18.9 Å². The number of nitrogens with zero attached hydrogens (tertiary/aromatic N) is 1. The first-order chi connectivity index (χ1) is 9.67. The van der Waals surface area contributed by atoms with Crippen molar-refractivity contribution in [1.82, 2.24) is 5.32 Å². The van der Waals surface area contributed by atoms with Crippen LogP contribution in [0.5, 0.6) is 0 Å². The van der Waals surface area contributed by atoms with E-state index in [1.807, 2.05) is 0 Å². The molecule has 2 aliphatic heterocycles. The van der Waals surface area contributed by atoms with Crippen molar-refractivity contribution in [3.63, 3.8) is 0 Å². The summed E-state index contributed by atoms with van der Waals surface area (Å²) in [6.07, 6.45) is 1.95. The van der Waals surface area contributed by atoms with E-state index in [-0.39, 0.29) is 12.1 Å². The smallest absolute Gasteiger partial charge is 0.157 e. The maximum atomic E-state index is 13.5. The molecule has 2 aliphatic rings. The molecule has 3 rings (SSSR count). The van der Waals surface area contributed by atoms with E-state index >= 15 is 0 Å². The number of aliphatic imine (C=N–C) groups is 1.